The van der Waals surface area contributed by atoms with Crippen LogP contribution in [-0.4, -0.2) is 35.5 Å². The summed E-state index contributed by atoms with van der Waals surface area (Å²) < 4.78 is 13.4. The maximum Gasteiger partial charge on any atom is 0.326 e. The summed E-state index contributed by atoms with van der Waals surface area (Å²) in [5.74, 6) is -2.33. The van der Waals surface area contributed by atoms with Gasteiger partial charge >= 0.3 is 5.97 Å². The zero-order chi connectivity index (χ0) is 17.2. The Hall–Kier alpha value is -2.90. The lowest BCUT2D eigenvalue weighted by Crippen LogP contribution is -2.40. The number of carbonyl (C=O) groups is 2. The van der Waals surface area contributed by atoms with E-state index in [4.69, 9.17) is 16.6 Å². The average molecular weight is 322 g/mol. The molecular formula is C15H19FN4O3. The van der Waals surface area contributed by atoms with E-state index in [9.17, 15) is 14.0 Å². The molecular weight excluding hydrogens is 303 g/mol. The molecule has 0 aliphatic heterocycles. The first-order valence-corrected chi connectivity index (χ1v) is 6.91. The van der Waals surface area contributed by atoms with E-state index in [1.54, 1.807) is 6.07 Å². The van der Waals surface area contributed by atoms with Gasteiger partial charge in [-0.25, -0.2) is 9.18 Å². The summed E-state index contributed by atoms with van der Waals surface area (Å²) in [6, 6.07) is 4.86. The molecule has 1 aromatic carbocycles. The van der Waals surface area contributed by atoms with Crippen LogP contribution < -0.4 is 16.8 Å². The Kier molecular flexibility index (Phi) is 7.25. The summed E-state index contributed by atoms with van der Waals surface area (Å²) in [6.07, 6.45) is 2.94. The Bertz CT molecular complexity index is 612. The van der Waals surface area contributed by atoms with Crippen LogP contribution in [0.2, 0.25) is 0 Å². The quantitative estimate of drug-likeness (QED) is 0.239. The van der Waals surface area contributed by atoms with Gasteiger partial charge in [0.25, 0.3) is 0 Å². The zero-order valence-electron chi connectivity index (χ0n) is 12.4. The van der Waals surface area contributed by atoms with Crippen LogP contribution in [0.25, 0.3) is 6.08 Å². The molecule has 0 aliphatic carbocycles. The second-order valence-electron chi connectivity index (χ2n) is 4.70. The van der Waals surface area contributed by atoms with Crippen molar-refractivity contribution >= 4 is 23.9 Å². The monoisotopic (exact) mass is 322 g/mol. The molecule has 0 bridgehead atoms. The van der Waals surface area contributed by atoms with Crippen molar-refractivity contribution in [2.75, 3.05) is 6.54 Å². The van der Waals surface area contributed by atoms with E-state index in [0.29, 0.717) is 6.42 Å². The van der Waals surface area contributed by atoms with Crippen LogP contribution in [-0.2, 0) is 9.59 Å². The molecule has 0 spiro atoms. The maximum atomic E-state index is 13.4. The number of carbonyl (C=O) groups excluding carboxylic acids is 1. The van der Waals surface area contributed by atoms with Crippen molar-refractivity contribution in [3.63, 3.8) is 0 Å². The van der Waals surface area contributed by atoms with E-state index < -0.39 is 23.7 Å². The first kappa shape index (κ1) is 18.1. The lowest BCUT2D eigenvalue weighted by Gasteiger charge is -2.12. The number of benzene rings is 1. The zero-order valence-corrected chi connectivity index (χ0v) is 12.4. The van der Waals surface area contributed by atoms with Crippen molar-refractivity contribution in [3.05, 3.63) is 41.7 Å². The number of nitrogens with one attached hydrogen (secondary N) is 1. The highest BCUT2D eigenvalue weighted by atomic mass is 19.1. The van der Waals surface area contributed by atoms with Gasteiger partial charge in [-0.3, -0.25) is 9.79 Å². The SMILES string of the molecule is NC(N)=NCCC[C@H](NC(=O)C=Cc1ccccc1F)C(=O)O. The molecule has 124 valence electrons. The van der Waals surface area contributed by atoms with Crippen LogP contribution in [0.1, 0.15) is 18.4 Å². The summed E-state index contributed by atoms with van der Waals surface area (Å²) >= 11 is 0. The fourth-order valence-corrected chi connectivity index (χ4v) is 1.76. The molecule has 0 fully saturated rings. The van der Waals surface area contributed by atoms with Crippen molar-refractivity contribution in [2.24, 2.45) is 16.5 Å². The van der Waals surface area contributed by atoms with Gasteiger partial charge in [-0.1, -0.05) is 18.2 Å². The predicted octanol–water partition coefficient (Wildman–Crippen LogP) is 0.462. The van der Waals surface area contributed by atoms with Gasteiger partial charge in [0.15, 0.2) is 5.96 Å². The van der Waals surface area contributed by atoms with Crippen LogP contribution in [0.4, 0.5) is 4.39 Å². The molecule has 0 unspecified atom stereocenters. The molecule has 0 saturated carbocycles. The Morgan fingerprint density at radius 1 is 1.35 bits per heavy atom. The van der Waals surface area contributed by atoms with E-state index in [0.717, 1.165) is 6.08 Å². The van der Waals surface area contributed by atoms with Crippen molar-refractivity contribution in [1.82, 2.24) is 5.32 Å². The summed E-state index contributed by atoms with van der Waals surface area (Å²) in [6.45, 7) is 0.271. The van der Waals surface area contributed by atoms with E-state index in [1.807, 2.05) is 0 Å². The van der Waals surface area contributed by atoms with Crippen LogP contribution in [0.5, 0.6) is 0 Å². The Morgan fingerprint density at radius 2 is 2.04 bits per heavy atom. The van der Waals surface area contributed by atoms with E-state index in [-0.39, 0.29) is 24.5 Å². The Morgan fingerprint density at radius 3 is 2.65 bits per heavy atom. The molecule has 6 N–H and O–H groups in total. The number of nitrogens with zero attached hydrogens (tertiary/aromatic N) is 1. The first-order chi connectivity index (χ1) is 10.9. The number of carboxylic acids is 1. The van der Waals surface area contributed by atoms with E-state index >= 15 is 0 Å². The van der Waals surface area contributed by atoms with Crippen LogP contribution in [0.3, 0.4) is 0 Å². The molecule has 8 heteroatoms. The number of amides is 1. The largest absolute Gasteiger partial charge is 0.480 e. The number of hydrogen-bond acceptors (Lipinski definition) is 3. The number of rotatable bonds is 8. The van der Waals surface area contributed by atoms with Crippen LogP contribution in [0, 0.1) is 5.82 Å². The van der Waals surface area contributed by atoms with Gasteiger partial charge in [-0.2, -0.15) is 0 Å². The number of aliphatic imine (C=N–C) groups is 1. The van der Waals surface area contributed by atoms with Gasteiger partial charge in [-0.05, 0) is 25.0 Å². The molecule has 0 aromatic heterocycles. The third-order valence-corrected chi connectivity index (χ3v) is 2.88. The normalized spacial score (nSPS) is 11.9. The summed E-state index contributed by atoms with van der Waals surface area (Å²) in [4.78, 5) is 26.6. The molecule has 0 radical (unpaired) electrons. The van der Waals surface area contributed by atoms with Crippen molar-refractivity contribution in [2.45, 2.75) is 18.9 Å². The average Bonchev–Trinajstić information content (AvgIpc) is 2.49. The highest BCUT2D eigenvalue weighted by Gasteiger charge is 2.18. The number of carboxylic acid groups (broad SMARTS) is 1. The van der Waals surface area contributed by atoms with Crippen LogP contribution >= 0.6 is 0 Å². The van der Waals surface area contributed by atoms with Gasteiger partial charge < -0.3 is 21.9 Å². The molecule has 0 saturated heterocycles. The third-order valence-electron chi connectivity index (χ3n) is 2.88. The summed E-state index contributed by atoms with van der Waals surface area (Å²) in [5, 5.41) is 11.4. The third kappa shape index (κ3) is 7.07. The number of guanidine groups is 1. The molecule has 0 aliphatic rings. The predicted molar refractivity (Wildman–Crippen MR) is 84.9 cm³/mol. The van der Waals surface area contributed by atoms with Crippen LogP contribution in [0.15, 0.2) is 35.3 Å². The van der Waals surface area contributed by atoms with Gasteiger partial charge in [0, 0.05) is 18.2 Å². The van der Waals surface area contributed by atoms with Crippen molar-refractivity contribution in [1.29, 1.82) is 0 Å². The molecule has 1 atom stereocenters. The lowest BCUT2D eigenvalue weighted by atomic mass is 10.1. The molecule has 23 heavy (non-hydrogen) atoms. The fraction of sp³-hybridized carbons (Fsp3) is 0.267. The van der Waals surface area contributed by atoms with E-state index in [2.05, 4.69) is 10.3 Å². The first-order valence-electron chi connectivity index (χ1n) is 6.91. The standard InChI is InChI=1S/C15H19FN4O3/c16-11-5-2-1-4-10(11)7-8-13(21)20-12(14(22)23)6-3-9-19-15(17)18/h1-2,4-5,7-8,12H,3,6,9H2,(H,20,21)(H,22,23)(H4,17,18,19)/t12-/m0/s1. The molecule has 1 rings (SSSR count). The maximum absolute atomic E-state index is 13.4. The van der Waals surface area contributed by atoms with Crippen molar-refractivity contribution < 1.29 is 19.1 Å². The van der Waals surface area contributed by atoms with Gasteiger partial charge in [0.05, 0.1) is 0 Å². The van der Waals surface area contributed by atoms with Gasteiger partial charge in [0.1, 0.15) is 11.9 Å². The minimum atomic E-state index is -1.16. The summed E-state index contributed by atoms with van der Waals surface area (Å²) in [5.41, 5.74) is 10.6. The smallest absolute Gasteiger partial charge is 0.326 e. The topological polar surface area (TPSA) is 131 Å². The van der Waals surface area contributed by atoms with E-state index in [1.165, 1.54) is 24.3 Å². The van der Waals surface area contributed by atoms with Gasteiger partial charge in [-0.15, -0.1) is 0 Å². The molecule has 1 amide bonds. The minimum absolute atomic E-state index is 0.0752. The molecule has 1 aromatic rings. The fourth-order valence-electron chi connectivity index (χ4n) is 1.76. The number of halogens is 1. The number of hydrogen-bond donors (Lipinski definition) is 4. The second-order valence-corrected chi connectivity index (χ2v) is 4.70. The van der Waals surface area contributed by atoms with Crippen molar-refractivity contribution in [3.8, 4) is 0 Å². The molecule has 0 heterocycles. The highest BCUT2D eigenvalue weighted by Crippen LogP contribution is 2.08. The number of aliphatic carboxylic acids is 1. The molecule has 7 nitrogen and oxygen atoms in total. The Labute approximate surface area is 132 Å². The van der Waals surface area contributed by atoms with Gasteiger partial charge in [0.2, 0.25) is 5.91 Å². The Balaban J connectivity index is 2.56. The summed E-state index contributed by atoms with van der Waals surface area (Å²) in [7, 11) is 0. The number of nitrogens with two attached hydrogens (primary N) is 2. The highest BCUT2D eigenvalue weighted by molar-refractivity contribution is 5.94. The second kappa shape index (κ2) is 9.19. The lowest BCUT2D eigenvalue weighted by molar-refractivity contribution is -0.141. The minimum Gasteiger partial charge on any atom is -0.480 e.